The van der Waals surface area contributed by atoms with Gasteiger partial charge in [-0.1, -0.05) is 30.4 Å². The largest absolute Gasteiger partial charge is 0.377 e. The smallest absolute Gasteiger partial charge is 0.252 e. The van der Waals surface area contributed by atoms with E-state index in [4.69, 9.17) is 9.47 Å². The van der Waals surface area contributed by atoms with Crippen molar-refractivity contribution in [3.63, 3.8) is 0 Å². The number of fused-ring (bicyclic) bond motifs is 1. The Bertz CT molecular complexity index is 582. The average Bonchev–Trinajstić information content (AvgIpc) is 2.57. The lowest BCUT2D eigenvalue weighted by Gasteiger charge is -2.16. The van der Waals surface area contributed by atoms with Crippen LogP contribution in [0.15, 0.2) is 36.4 Å². The van der Waals surface area contributed by atoms with Gasteiger partial charge in [0.15, 0.2) is 5.78 Å². The van der Waals surface area contributed by atoms with Gasteiger partial charge in [-0.05, 0) is 37.8 Å². The van der Waals surface area contributed by atoms with Crippen LogP contribution in [-0.4, -0.2) is 37.6 Å². The first-order chi connectivity index (χ1) is 11.7. The van der Waals surface area contributed by atoms with Crippen molar-refractivity contribution >= 4 is 11.7 Å². The van der Waals surface area contributed by atoms with Crippen molar-refractivity contribution in [3.05, 3.63) is 47.5 Å². The maximum atomic E-state index is 12.5. The molecule has 0 radical (unpaired) electrons. The van der Waals surface area contributed by atoms with Crippen molar-refractivity contribution in [1.29, 1.82) is 0 Å². The van der Waals surface area contributed by atoms with Gasteiger partial charge in [0.25, 0.3) is 5.91 Å². The number of ketones is 1. The minimum absolute atomic E-state index is 0.0660. The first kappa shape index (κ1) is 18.4. The molecule has 1 aliphatic heterocycles. The summed E-state index contributed by atoms with van der Waals surface area (Å²) in [6.45, 7) is 3.71. The second-order valence-corrected chi connectivity index (χ2v) is 5.84. The number of rotatable bonds is 1. The SMILES string of the molecule is CC(=O)C1C/C=C\COCCCCOCc2ccccc2C(=O)N1. The third-order valence-corrected chi connectivity index (χ3v) is 3.90. The summed E-state index contributed by atoms with van der Waals surface area (Å²) in [6, 6.07) is 6.81. The van der Waals surface area contributed by atoms with Gasteiger partial charge in [-0.15, -0.1) is 0 Å². The Balaban J connectivity index is 2.14. The molecule has 0 spiro atoms. The fourth-order valence-corrected chi connectivity index (χ4v) is 2.47. The fourth-order valence-electron chi connectivity index (χ4n) is 2.47. The van der Waals surface area contributed by atoms with E-state index in [0.29, 0.717) is 38.4 Å². The van der Waals surface area contributed by atoms with Crippen LogP contribution in [0, 0.1) is 0 Å². The average molecular weight is 331 g/mol. The summed E-state index contributed by atoms with van der Waals surface area (Å²) in [6.07, 6.45) is 6.09. The van der Waals surface area contributed by atoms with Gasteiger partial charge in [-0.3, -0.25) is 9.59 Å². The van der Waals surface area contributed by atoms with Crippen LogP contribution < -0.4 is 5.32 Å². The van der Waals surface area contributed by atoms with Crippen LogP contribution in [0.4, 0.5) is 0 Å². The van der Waals surface area contributed by atoms with Crippen molar-refractivity contribution in [3.8, 4) is 0 Å². The van der Waals surface area contributed by atoms with Crippen molar-refractivity contribution < 1.29 is 19.1 Å². The Kier molecular flexibility index (Phi) is 7.65. The summed E-state index contributed by atoms with van der Waals surface area (Å²) in [7, 11) is 0. The maximum Gasteiger partial charge on any atom is 0.252 e. The highest BCUT2D eigenvalue weighted by Crippen LogP contribution is 2.12. The minimum Gasteiger partial charge on any atom is -0.377 e. The molecule has 24 heavy (non-hydrogen) atoms. The van der Waals surface area contributed by atoms with E-state index in [1.807, 2.05) is 30.4 Å². The maximum absolute atomic E-state index is 12.5. The van der Waals surface area contributed by atoms with Crippen molar-refractivity contribution in [2.75, 3.05) is 19.8 Å². The Morgan fingerprint density at radius 2 is 1.88 bits per heavy atom. The van der Waals surface area contributed by atoms with Crippen LogP contribution >= 0.6 is 0 Å². The van der Waals surface area contributed by atoms with Crippen molar-refractivity contribution in [2.45, 2.75) is 38.8 Å². The lowest BCUT2D eigenvalue weighted by Crippen LogP contribution is -2.39. The fraction of sp³-hybridized carbons (Fsp3) is 0.474. The molecular weight excluding hydrogens is 306 g/mol. The van der Waals surface area contributed by atoms with Crippen LogP contribution in [0.1, 0.15) is 42.1 Å². The zero-order valence-corrected chi connectivity index (χ0v) is 14.1. The number of ether oxygens (including phenoxy) is 2. The highest BCUT2D eigenvalue weighted by Gasteiger charge is 2.18. The molecule has 0 bridgehead atoms. The molecule has 1 heterocycles. The summed E-state index contributed by atoms with van der Waals surface area (Å²) >= 11 is 0. The lowest BCUT2D eigenvalue weighted by molar-refractivity contribution is -0.118. The number of carbonyl (C=O) groups excluding carboxylic acids is 2. The van der Waals surface area contributed by atoms with E-state index in [1.54, 1.807) is 6.07 Å². The highest BCUT2D eigenvalue weighted by molar-refractivity contribution is 5.98. The molecule has 0 fully saturated rings. The van der Waals surface area contributed by atoms with E-state index >= 15 is 0 Å². The molecule has 1 aromatic rings. The second kappa shape index (κ2) is 10.0. The number of carbonyl (C=O) groups is 2. The van der Waals surface area contributed by atoms with E-state index in [9.17, 15) is 9.59 Å². The number of amides is 1. The minimum atomic E-state index is -0.532. The molecule has 0 aliphatic carbocycles. The molecule has 0 saturated carbocycles. The molecule has 1 amide bonds. The second-order valence-electron chi connectivity index (χ2n) is 5.84. The molecule has 0 saturated heterocycles. The van der Waals surface area contributed by atoms with E-state index in [1.165, 1.54) is 6.92 Å². The van der Waals surface area contributed by atoms with Gasteiger partial charge in [0.2, 0.25) is 0 Å². The van der Waals surface area contributed by atoms with Gasteiger partial charge >= 0.3 is 0 Å². The summed E-state index contributed by atoms with van der Waals surface area (Å²) in [4.78, 5) is 24.3. The van der Waals surface area contributed by atoms with Gasteiger partial charge in [0.05, 0.1) is 19.3 Å². The van der Waals surface area contributed by atoms with Crippen LogP contribution in [0.3, 0.4) is 0 Å². The lowest BCUT2D eigenvalue weighted by atomic mass is 10.1. The molecule has 1 atom stereocenters. The molecule has 1 N–H and O–H groups in total. The van der Waals surface area contributed by atoms with E-state index in [2.05, 4.69) is 5.32 Å². The number of Topliss-reactive ketones (excluding diaryl/α,β-unsaturated/α-hetero) is 1. The normalized spacial score (nSPS) is 22.2. The Hall–Kier alpha value is -1.98. The van der Waals surface area contributed by atoms with Crippen molar-refractivity contribution in [2.24, 2.45) is 0 Å². The predicted molar refractivity (Wildman–Crippen MR) is 91.8 cm³/mol. The van der Waals surface area contributed by atoms with E-state index < -0.39 is 6.04 Å². The molecule has 1 unspecified atom stereocenters. The Morgan fingerprint density at radius 3 is 2.67 bits per heavy atom. The molecule has 5 heteroatoms. The summed E-state index contributed by atoms with van der Waals surface area (Å²) in [5.74, 6) is -0.310. The number of benzene rings is 1. The summed E-state index contributed by atoms with van der Waals surface area (Å²) in [5, 5.41) is 2.82. The Labute approximate surface area is 143 Å². The molecule has 1 aromatic carbocycles. The number of nitrogens with one attached hydrogen (secondary N) is 1. The van der Waals surface area contributed by atoms with Crippen LogP contribution in [0.5, 0.6) is 0 Å². The third-order valence-electron chi connectivity index (χ3n) is 3.90. The van der Waals surface area contributed by atoms with Crippen LogP contribution in [-0.2, 0) is 20.9 Å². The topological polar surface area (TPSA) is 64.6 Å². The monoisotopic (exact) mass is 331 g/mol. The summed E-state index contributed by atoms with van der Waals surface area (Å²) < 4.78 is 11.2. The Morgan fingerprint density at radius 1 is 1.12 bits per heavy atom. The first-order valence-electron chi connectivity index (χ1n) is 8.38. The number of hydrogen-bond donors (Lipinski definition) is 1. The molecular formula is C19H25NO4. The summed E-state index contributed by atoms with van der Waals surface area (Å²) in [5.41, 5.74) is 1.39. The molecule has 1 aliphatic rings. The zero-order chi connectivity index (χ0) is 17.2. The van der Waals surface area contributed by atoms with Crippen molar-refractivity contribution in [1.82, 2.24) is 5.32 Å². The standard InChI is InChI=1S/C19H25NO4/c1-15(21)18-10-4-5-11-23-12-6-7-13-24-14-16-8-2-3-9-17(16)19(22)20-18/h2-5,8-9,18H,6-7,10-14H2,1H3,(H,20,22)/b5-4-. The van der Waals surface area contributed by atoms with Gasteiger partial charge in [-0.25, -0.2) is 0 Å². The highest BCUT2D eigenvalue weighted by atomic mass is 16.5. The molecule has 0 aromatic heterocycles. The molecule has 130 valence electrons. The van der Waals surface area contributed by atoms with Crippen LogP contribution in [0.25, 0.3) is 0 Å². The van der Waals surface area contributed by atoms with Gasteiger partial charge < -0.3 is 14.8 Å². The predicted octanol–water partition coefficient (Wildman–Crippen LogP) is 2.65. The quantitative estimate of drug-likeness (QED) is 0.804. The number of hydrogen-bond acceptors (Lipinski definition) is 4. The van der Waals surface area contributed by atoms with Gasteiger partial charge in [0, 0.05) is 18.8 Å². The van der Waals surface area contributed by atoms with Crippen LogP contribution in [0.2, 0.25) is 0 Å². The first-order valence-corrected chi connectivity index (χ1v) is 8.38. The molecule has 5 nitrogen and oxygen atoms in total. The van der Waals surface area contributed by atoms with E-state index in [0.717, 1.165) is 18.4 Å². The van der Waals surface area contributed by atoms with Gasteiger partial charge in [-0.2, -0.15) is 0 Å². The third kappa shape index (κ3) is 5.91. The molecule has 2 rings (SSSR count). The van der Waals surface area contributed by atoms with Gasteiger partial charge in [0.1, 0.15) is 0 Å². The van der Waals surface area contributed by atoms with E-state index in [-0.39, 0.29) is 11.7 Å². The zero-order valence-electron chi connectivity index (χ0n) is 14.1.